The van der Waals surface area contributed by atoms with Crippen LogP contribution in [-0.4, -0.2) is 16.2 Å². The molecule has 0 spiro atoms. The largest absolute Gasteiger partial charge is 0.445 e. The van der Waals surface area contributed by atoms with E-state index in [4.69, 9.17) is 10.2 Å². The molecule has 0 aliphatic rings. The molecule has 0 saturated carbocycles. The van der Waals surface area contributed by atoms with Crippen LogP contribution in [0.2, 0.25) is 0 Å². The van der Waals surface area contributed by atoms with E-state index in [9.17, 15) is 0 Å². The molecule has 0 heterocycles. The molecule has 0 fully saturated rings. The van der Waals surface area contributed by atoms with Crippen molar-refractivity contribution in [2.75, 3.05) is 0 Å². The monoisotopic (exact) mass is 132 g/mol. The van der Waals surface area contributed by atoms with Crippen molar-refractivity contribution in [3.63, 3.8) is 0 Å². The lowest BCUT2D eigenvalue weighted by molar-refractivity contribution is -0.320. The van der Waals surface area contributed by atoms with Crippen molar-refractivity contribution in [1.29, 1.82) is 0 Å². The molecule has 0 amide bonds. The van der Waals surface area contributed by atoms with Crippen LogP contribution in [0, 0.1) is 0 Å². The Morgan fingerprint density at radius 3 is 2.22 bits per heavy atom. The summed E-state index contributed by atoms with van der Waals surface area (Å²) in [6.45, 7) is 6.50. The molecule has 3 heteroatoms. The van der Waals surface area contributed by atoms with E-state index in [1.807, 2.05) is 0 Å². The third kappa shape index (κ3) is 4.00. The lowest BCUT2D eigenvalue weighted by Gasteiger charge is -2.20. The Bertz CT molecular complexity index is 107. The average Bonchev–Trinajstić information content (AvgIpc) is 1.63. The summed E-state index contributed by atoms with van der Waals surface area (Å²) in [6.07, 6.45) is 0.125. The predicted molar refractivity (Wildman–Crippen MR) is 33.4 cm³/mol. The van der Waals surface area contributed by atoms with Crippen LogP contribution in [0.15, 0.2) is 12.3 Å². The van der Waals surface area contributed by atoms with Gasteiger partial charge in [0.2, 0.25) is 0 Å². The molecule has 0 aliphatic heterocycles. The number of allylic oxidation sites excluding steroid dienone is 1. The van der Waals surface area contributed by atoms with E-state index in [1.54, 1.807) is 13.8 Å². The summed E-state index contributed by atoms with van der Waals surface area (Å²) in [5, 5.41) is 17.5. The summed E-state index contributed by atoms with van der Waals surface area (Å²) in [5.41, 5.74) is 0. The molecule has 0 aliphatic carbocycles. The first-order valence-corrected chi connectivity index (χ1v) is 2.77. The van der Waals surface area contributed by atoms with Gasteiger partial charge in [0.15, 0.2) is 0 Å². The second kappa shape index (κ2) is 2.85. The summed E-state index contributed by atoms with van der Waals surface area (Å²) in [6, 6.07) is 0. The Morgan fingerprint density at radius 1 is 1.67 bits per heavy atom. The zero-order valence-electron chi connectivity index (χ0n) is 5.72. The number of rotatable bonds is 3. The molecule has 0 aromatic carbocycles. The van der Waals surface area contributed by atoms with Crippen LogP contribution in [0.4, 0.5) is 0 Å². The third-order valence-electron chi connectivity index (χ3n) is 0.798. The second-order valence-electron chi connectivity index (χ2n) is 1.90. The molecule has 3 nitrogen and oxygen atoms in total. The summed E-state index contributed by atoms with van der Waals surface area (Å²) in [4.78, 5) is 0. The van der Waals surface area contributed by atoms with Crippen LogP contribution in [0.5, 0.6) is 0 Å². The van der Waals surface area contributed by atoms with Crippen LogP contribution in [0.1, 0.15) is 20.3 Å². The van der Waals surface area contributed by atoms with Crippen molar-refractivity contribution in [2.24, 2.45) is 0 Å². The summed E-state index contributed by atoms with van der Waals surface area (Å²) >= 11 is 0. The van der Waals surface area contributed by atoms with Gasteiger partial charge in [-0.15, -0.1) is 0 Å². The minimum atomic E-state index is -2.04. The zero-order chi connectivity index (χ0) is 7.49. The smallest absolute Gasteiger partial charge is 0.321 e. The molecule has 0 atom stereocenters. The van der Waals surface area contributed by atoms with E-state index in [1.165, 1.54) is 0 Å². The number of aliphatic hydroxyl groups is 2. The van der Waals surface area contributed by atoms with E-state index in [0.717, 1.165) is 0 Å². The van der Waals surface area contributed by atoms with Crippen LogP contribution >= 0.6 is 0 Å². The van der Waals surface area contributed by atoms with Crippen molar-refractivity contribution < 1.29 is 14.9 Å². The number of hydrogen-bond donors (Lipinski definition) is 2. The van der Waals surface area contributed by atoms with Gasteiger partial charge in [-0.3, -0.25) is 0 Å². The van der Waals surface area contributed by atoms with Gasteiger partial charge in [-0.2, -0.15) is 0 Å². The van der Waals surface area contributed by atoms with Gasteiger partial charge in [0.1, 0.15) is 0 Å². The lowest BCUT2D eigenvalue weighted by Crippen LogP contribution is -2.29. The molecule has 0 aromatic rings. The SMILES string of the molecule is C=C(C)OC(O)(O)CC. The Kier molecular flexibility index (Phi) is 2.67. The first kappa shape index (κ1) is 8.46. The van der Waals surface area contributed by atoms with Crippen molar-refractivity contribution in [3.8, 4) is 0 Å². The molecule has 0 saturated heterocycles. The van der Waals surface area contributed by atoms with Crippen molar-refractivity contribution in [1.82, 2.24) is 0 Å². The van der Waals surface area contributed by atoms with Gasteiger partial charge >= 0.3 is 5.97 Å². The highest BCUT2D eigenvalue weighted by molar-refractivity contribution is 4.75. The standard InChI is InChI=1S/C6H12O3/c1-4-6(7,8)9-5(2)3/h7-8H,2,4H2,1,3H3. The first-order chi connectivity index (χ1) is 3.98. The minimum absolute atomic E-state index is 0.125. The second-order valence-corrected chi connectivity index (χ2v) is 1.90. The van der Waals surface area contributed by atoms with E-state index in [0.29, 0.717) is 5.76 Å². The van der Waals surface area contributed by atoms with Crippen molar-refractivity contribution >= 4 is 0 Å². The average molecular weight is 132 g/mol. The fraction of sp³-hybridized carbons (Fsp3) is 0.667. The van der Waals surface area contributed by atoms with Gasteiger partial charge in [0.25, 0.3) is 0 Å². The fourth-order valence-corrected chi connectivity index (χ4v) is 0.351. The molecule has 0 rings (SSSR count). The van der Waals surface area contributed by atoms with E-state index in [-0.39, 0.29) is 6.42 Å². The van der Waals surface area contributed by atoms with Crippen LogP contribution in [0.25, 0.3) is 0 Å². The molecule has 9 heavy (non-hydrogen) atoms. The Labute approximate surface area is 54.6 Å². The highest BCUT2D eigenvalue weighted by atomic mass is 16.8. The van der Waals surface area contributed by atoms with E-state index in [2.05, 4.69) is 11.3 Å². The Hall–Kier alpha value is -0.540. The maximum atomic E-state index is 8.77. The molecule has 0 aromatic heterocycles. The van der Waals surface area contributed by atoms with Gasteiger partial charge < -0.3 is 14.9 Å². The van der Waals surface area contributed by atoms with Crippen molar-refractivity contribution in [3.05, 3.63) is 12.3 Å². The molecule has 54 valence electrons. The van der Waals surface area contributed by atoms with Gasteiger partial charge in [0, 0.05) is 6.42 Å². The minimum Gasteiger partial charge on any atom is -0.445 e. The summed E-state index contributed by atoms with van der Waals surface area (Å²) in [7, 11) is 0. The highest BCUT2D eigenvalue weighted by Crippen LogP contribution is 2.10. The van der Waals surface area contributed by atoms with Gasteiger partial charge in [0.05, 0.1) is 5.76 Å². The number of ether oxygens (including phenoxy) is 1. The molecular weight excluding hydrogens is 120 g/mol. The Morgan fingerprint density at radius 2 is 2.11 bits per heavy atom. The third-order valence-corrected chi connectivity index (χ3v) is 0.798. The molecule has 0 bridgehead atoms. The lowest BCUT2D eigenvalue weighted by atomic mass is 10.4. The fourth-order valence-electron chi connectivity index (χ4n) is 0.351. The van der Waals surface area contributed by atoms with Crippen molar-refractivity contribution in [2.45, 2.75) is 26.2 Å². The summed E-state index contributed by atoms with van der Waals surface area (Å²) < 4.78 is 4.50. The normalized spacial score (nSPS) is 11.1. The quantitative estimate of drug-likeness (QED) is 0.436. The predicted octanol–water partition coefficient (Wildman–Crippen LogP) is 0.585. The Balaban J connectivity index is 3.71. The zero-order valence-corrected chi connectivity index (χ0v) is 5.72. The molecule has 2 N–H and O–H groups in total. The van der Waals surface area contributed by atoms with Gasteiger partial charge in [-0.25, -0.2) is 0 Å². The first-order valence-electron chi connectivity index (χ1n) is 2.77. The summed E-state index contributed by atoms with van der Waals surface area (Å²) in [5.74, 6) is -1.74. The van der Waals surface area contributed by atoms with Crippen LogP contribution in [0.3, 0.4) is 0 Å². The topological polar surface area (TPSA) is 49.7 Å². The maximum Gasteiger partial charge on any atom is 0.321 e. The molecule has 0 unspecified atom stereocenters. The van der Waals surface area contributed by atoms with Gasteiger partial charge in [-0.05, 0) is 6.92 Å². The van der Waals surface area contributed by atoms with E-state index < -0.39 is 5.97 Å². The molecule has 0 radical (unpaired) electrons. The maximum absolute atomic E-state index is 8.77. The van der Waals surface area contributed by atoms with Crippen LogP contribution in [-0.2, 0) is 4.74 Å². The van der Waals surface area contributed by atoms with Crippen LogP contribution < -0.4 is 0 Å². The highest BCUT2D eigenvalue weighted by Gasteiger charge is 2.21. The number of hydrogen-bond acceptors (Lipinski definition) is 3. The van der Waals surface area contributed by atoms with Gasteiger partial charge in [-0.1, -0.05) is 13.5 Å². The van der Waals surface area contributed by atoms with E-state index >= 15 is 0 Å². The molecular formula is C6H12O3.